The van der Waals surface area contributed by atoms with Gasteiger partial charge in [0.25, 0.3) is 0 Å². The van der Waals surface area contributed by atoms with Crippen molar-refractivity contribution in [2.24, 2.45) is 0 Å². The van der Waals surface area contributed by atoms with E-state index >= 15 is 0 Å². The van der Waals surface area contributed by atoms with Gasteiger partial charge in [-0.1, -0.05) is 239 Å². The molecule has 0 atom stereocenters. The molecule has 14 rings (SSSR count). The van der Waals surface area contributed by atoms with Gasteiger partial charge in [-0.15, -0.1) is 0 Å². The van der Waals surface area contributed by atoms with Crippen molar-refractivity contribution in [3.8, 4) is 55.6 Å². The zero-order valence-electron chi connectivity index (χ0n) is 66.1. The summed E-state index contributed by atoms with van der Waals surface area (Å²) in [7, 11) is 0. The van der Waals surface area contributed by atoms with Gasteiger partial charge >= 0.3 is 0 Å². The minimum absolute atomic E-state index is 0.110. The van der Waals surface area contributed by atoms with Crippen LogP contribution in [0.15, 0.2) is 133 Å². The smallest absolute Gasteiger partial charge is 0.0736 e. The summed E-state index contributed by atoms with van der Waals surface area (Å²) in [5, 5.41) is 0. The topological polar surface area (TPSA) is 115 Å². The van der Waals surface area contributed by atoms with Gasteiger partial charge < -0.3 is 19.9 Å². The lowest BCUT2D eigenvalue weighted by atomic mass is 9.78. The molecule has 4 aliphatic heterocycles. The standard InChI is InChI=1S/C96H106N8/c1-89(2,3)59-37-55(38-60(45-59)90(4,5)6)85-75-31-25-67(97-75)49-69-27-33-79(99-69)87(57-41-63(93(13,14)15)47-64(42-57)94(16,17)18)83-53-73(81(103-83)51-71-29-35-77(85)101-71)74-54-84-88(58-43-65(95(19,20)21)48-66(44-58)96(22,23)24)80-34-28-70(100-80)50-68-26-32-76(98-68)86(78-36-30-72(102-78)52-82(74)104-84)56-39-61(91(7,8)9)46-62(40-56)92(10,11)12/h25-54,97-98,103-104H,1-24H3. The van der Waals surface area contributed by atoms with Crippen LogP contribution in [0.4, 0.5) is 0 Å². The molecule has 0 saturated heterocycles. The van der Waals surface area contributed by atoms with Crippen molar-refractivity contribution >= 4 is 92.7 Å². The molecule has 0 spiro atoms. The van der Waals surface area contributed by atoms with E-state index in [1.165, 1.54) is 44.5 Å². The Balaban J connectivity index is 1.16. The van der Waals surface area contributed by atoms with Crippen LogP contribution in [0.3, 0.4) is 0 Å². The Bertz CT molecular complexity index is 5190. The van der Waals surface area contributed by atoms with Crippen LogP contribution in [-0.2, 0) is 43.3 Å². The van der Waals surface area contributed by atoms with E-state index < -0.39 is 0 Å². The predicted molar refractivity (Wildman–Crippen MR) is 448 cm³/mol. The van der Waals surface area contributed by atoms with Crippen molar-refractivity contribution in [3.63, 3.8) is 0 Å². The molecule has 0 radical (unpaired) electrons. The fraction of sp³-hybridized carbons (Fsp3) is 0.333. The molecule has 104 heavy (non-hydrogen) atoms. The molecule has 4 N–H and O–H groups in total. The van der Waals surface area contributed by atoms with Crippen LogP contribution in [-0.4, -0.2) is 39.9 Å². The van der Waals surface area contributed by atoms with Crippen molar-refractivity contribution in [2.45, 2.75) is 209 Å². The maximum absolute atomic E-state index is 5.71. The first-order valence-corrected chi connectivity index (χ1v) is 37.4. The number of benzene rings is 4. The molecule has 10 heterocycles. The fourth-order valence-electron chi connectivity index (χ4n) is 14.5. The van der Waals surface area contributed by atoms with Crippen LogP contribution in [0.2, 0.25) is 0 Å². The molecule has 0 aliphatic carbocycles. The van der Waals surface area contributed by atoms with Crippen LogP contribution in [0.1, 0.15) is 256 Å². The molecule has 4 aromatic carbocycles. The lowest BCUT2D eigenvalue weighted by molar-refractivity contribution is 0.568. The molecule has 8 heteroatoms. The molecular formula is C96H106N8. The second-order valence-corrected chi connectivity index (χ2v) is 38.0. The Hall–Kier alpha value is -9.92. The number of nitrogens with zero attached hydrogens (tertiary/aromatic N) is 4. The highest BCUT2D eigenvalue weighted by Crippen LogP contribution is 2.46. The van der Waals surface area contributed by atoms with E-state index in [9.17, 15) is 0 Å². The first kappa shape index (κ1) is 71.1. The molecule has 4 aliphatic rings. The highest BCUT2D eigenvalue weighted by atomic mass is 14.8. The van der Waals surface area contributed by atoms with Crippen molar-refractivity contribution in [1.29, 1.82) is 0 Å². The molecule has 0 saturated carbocycles. The summed E-state index contributed by atoms with van der Waals surface area (Å²) < 4.78 is 0. The van der Waals surface area contributed by atoms with E-state index in [1.54, 1.807) is 0 Å². The number of hydrogen-bond donors (Lipinski definition) is 4. The number of aromatic nitrogens is 8. The number of H-pyrrole nitrogens is 4. The second kappa shape index (κ2) is 24.9. The summed E-state index contributed by atoms with van der Waals surface area (Å²) in [6.07, 6.45) is 17.5. The molecule has 10 aromatic rings. The third kappa shape index (κ3) is 14.2. The third-order valence-electron chi connectivity index (χ3n) is 21.2. The summed E-state index contributed by atoms with van der Waals surface area (Å²) >= 11 is 0. The molecule has 530 valence electrons. The van der Waals surface area contributed by atoms with Crippen LogP contribution in [0, 0.1) is 0 Å². The van der Waals surface area contributed by atoms with Gasteiger partial charge in [0.1, 0.15) is 0 Å². The number of hydrogen-bond acceptors (Lipinski definition) is 4. The van der Waals surface area contributed by atoms with E-state index in [0.29, 0.717) is 0 Å². The largest absolute Gasteiger partial charge is 0.355 e. The van der Waals surface area contributed by atoms with Gasteiger partial charge in [0, 0.05) is 77.5 Å². The highest BCUT2D eigenvalue weighted by molar-refractivity contribution is 6.04. The SMILES string of the molecule is CC(C)(C)c1cc(-c2c3nc(cc4[nH]c(cc4-c4cc5[nH]c4cc4nc(c(-c6cc(C(C)(C)C)cc(C(C)(C)C)c6)c6ccc(cc7nc(c5-c5cc(C(C)(C)C)cc(C(C)(C)C)c5)C=C7)[nH]6)C=C4)c(-c4cc(C(C)(C)C)cc(C(C)(C)C)c4)c4nc(cc5ccc2[nH]5)C=C4)C=C3)cc(C(C)(C)C)c1. The average molecular weight is 1370 g/mol. The molecule has 0 fully saturated rings. The summed E-state index contributed by atoms with van der Waals surface area (Å²) in [4.78, 5) is 38.8. The number of rotatable bonds is 5. The van der Waals surface area contributed by atoms with Crippen LogP contribution in [0.5, 0.6) is 0 Å². The Morgan fingerprint density at radius 1 is 0.202 bits per heavy atom. The fourth-order valence-corrected chi connectivity index (χ4v) is 14.5. The Kier molecular flexibility index (Phi) is 17.0. The molecule has 0 amide bonds. The van der Waals surface area contributed by atoms with Gasteiger partial charge in [-0.2, -0.15) is 0 Å². The normalized spacial score (nSPS) is 13.8. The molecule has 16 bridgehead atoms. The van der Waals surface area contributed by atoms with Crippen molar-refractivity contribution < 1.29 is 0 Å². The second-order valence-electron chi connectivity index (χ2n) is 38.0. The minimum Gasteiger partial charge on any atom is -0.355 e. The minimum atomic E-state index is -0.158. The molecule has 8 nitrogen and oxygen atoms in total. The third-order valence-corrected chi connectivity index (χ3v) is 21.2. The van der Waals surface area contributed by atoms with E-state index in [1.807, 2.05) is 0 Å². The van der Waals surface area contributed by atoms with Gasteiger partial charge in [-0.05, 0) is 219 Å². The van der Waals surface area contributed by atoms with E-state index in [0.717, 1.165) is 145 Å². The predicted octanol–water partition coefficient (Wildman–Crippen LogP) is 26.3. The average Bonchev–Trinajstić information content (AvgIpc) is 1.56. The van der Waals surface area contributed by atoms with E-state index in [-0.39, 0.29) is 43.3 Å². The zero-order valence-corrected chi connectivity index (χ0v) is 66.1. The summed E-state index contributed by atoms with van der Waals surface area (Å²) in [6, 6.07) is 51.1. The van der Waals surface area contributed by atoms with E-state index in [4.69, 9.17) is 19.9 Å². The maximum Gasteiger partial charge on any atom is 0.0736 e. The Morgan fingerprint density at radius 2 is 0.423 bits per heavy atom. The van der Waals surface area contributed by atoms with Gasteiger partial charge in [-0.3, -0.25) is 0 Å². The molecule has 6 aromatic heterocycles. The van der Waals surface area contributed by atoms with Gasteiger partial charge in [0.15, 0.2) is 0 Å². The van der Waals surface area contributed by atoms with Crippen LogP contribution >= 0.6 is 0 Å². The summed E-state index contributed by atoms with van der Waals surface area (Å²) in [6.45, 7) is 55.5. The lowest BCUT2D eigenvalue weighted by Crippen LogP contribution is -2.16. The first-order valence-electron chi connectivity index (χ1n) is 37.4. The first-order chi connectivity index (χ1) is 48.4. The monoisotopic (exact) mass is 1370 g/mol. The van der Waals surface area contributed by atoms with Crippen LogP contribution in [0.25, 0.3) is 148 Å². The van der Waals surface area contributed by atoms with Crippen molar-refractivity contribution in [3.05, 3.63) is 224 Å². The summed E-state index contributed by atoms with van der Waals surface area (Å²) in [5.74, 6) is 0. The molecule has 0 unspecified atom stereocenters. The highest BCUT2D eigenvalue weighted by Gasteiger charge is 2.30. The van der Waals surface area contributed by atoms with Crippen molar-refractivity contribution in [1.82, 2.24) is 39.9 Å². The maximum atomic E-state index is 5.71. The van der Waals surface area contributed by atoms with Crippen LogP contribution < -0.4 is 0 Å². The quantitative estimate of drug-likeness (QED) is 0.137. The lowest BCUT2D eigenvalue weighted by Gasteiger charge is -2.26. The number of aromatic amines is 4. The molecular weight excluding hydrogens is 1270 g/mol. The van der Waals surface area contributed by atoms with Gasteiger partial charge in [-0.25, -0.2) is 19.9 Å². The van der Waals surface area contributed by atoms with Gasteiger partial charge in [0.2, 0.25) is 0 Å². The number of fused-ring (bicyclic) bond motifs is 16. The number of nitrogens with one attached hydrogen (secondary N) is 4. The van der Waals surface area contributed by atoms with Crippen molar-refractivity contribution in [2.75, 3.05) is 0 Å². The Morgan fingerprint density at radius 3 is 0.654 bits per heavy atom. The van der Waals surface area contributed by atoms with Gasteiger partial charge in [0.05, 0.1) is 45.6 Å². The van der Waals surface area contributed by atoms with E-state index in [2.05, 4.69) is 368 Å². The summed E-state index contributed by atoms with van der Waals surface area (Å²) in [5.41, 5.74) is 33.9. The Labute approximate surface area is 617 Å². The zero-order chi connectivity index (χ0) is 74.5.